The van der Waals surface area contributed by atoms with Crippen LogP contribution in [0, 0.1) is 6.92 Å². The number of carbonyl (C=O) groups is 4. The molecule has 1 aliphatic rings. The fourth-order valence-electron chi connectivity index (χ4n) is 8.18. The molecule has 4 atom stereocenters. The highest BCUT2D eigenvalue weighted by Gasteiger charge is 2.37. The standard InChI is InChI=1S/C48H54N8O6/c1-6-36(28-49-4)56(42(57)25-32-15-9-7-10-16-32)31(3)44-51-37-23-22-34(26-39(37)52-44)41-29-50-46(62-41)35-21-20-30(2)38(27-35)53-45(58)40-19-13-14-24-55(40)47(59)43(54-48(60)61-5)33-17-11-8-12-18-33/h7-12,15-18,20-23,26-27,29,31,36,40,43,49H,6,13-14,19,24-25,28H2,1-5H3,(H,51,52)(H,53,58)(H,54,60)/t31-,36?,40-,43+/m0/s1. The van der Waals surface area contributed by atoms with Crippen LogP contribution < -0.4 is 16.0 Å². The Bertz CT molecular complexity index is 2500. The first kappa shape index (κ1) is 43.3. The minimum atomic E-state index is -1.02. The number of nitrogens with one attached hydrogen (secondary N) is 4. The van der Waals surface area contributed by atoms with Gasteiger partial charge in [0.25, 0.3) is 5.91 Å². The summed E-state index contributed by atoms with van der Waals surface area (Å²) in [5.74, 6) is 0.925. The molecule has 1 aliphatic heterocycles. The van der Waals surface area contributed by atoms with E-state index < -0.39 is 18.2 Å². The quantitative estimate of drug-likeness (QED) is 0.0807. The van der Waals surface area contributed by atoms with Crippen LogP contribution in [0.25, 0.3) is 33.8 Å². The Hall–Kier alpha value is -6.80. The van der Waals surface area contributed by atoms with Crippen LogP contribution >= 0.6 is 0 Å². The van der Waals surface area contributed by atoms with E-state index in [9.17, 15) is 19.2 Å². The molecule has 0 aliphatic carbocycles. The lowest BCUT2D eigenvalue weighted by atomic mass is 9.97. The van der Waals surface area contributed by atoms with E-state index in [1.54, 1.807) is 35.4 Å². The number of amides is 4. The van der Waals surface area contributed by atoms with Crippen LogP contribution in [0.15, 0.2) is 108 Å². The van der Waals surface area contributed by atoms with Gasteiger partial charge in [-0.15, -0.1) is 0 Å². The second-order valence-corrected chi connectivity index (χ2v) is 15.7. The van der Waals surface area contributed by atoms with E-state index in [0.29, 0.717) is 60.2 Å². The van der Waals surface area contributed by atoms with Gasteiger partial charge in [-0.1, -0.05) is 73.7 Å². The summed E-state index contributed by atoms with van der Waals surface area (Å²) in [6.45, 7) is 7.02. The van der Waals surface area contributed by atoms with E-state index in [4.69, 9.17) is 14.1 Å². The highest BCUT2D eigenvalue weighted by Crippen LogP contribution is 2.33. The van der Waals surface area contributed by atoms with Crippen LogP contribution in [0.4, 0.5) is 10.5 Å². The van der Waals surface area contributed by atoms with E-state index in [1.807, 2.05) is 98.6 Å². The first-order chi connectivity index (χ1) is 30.1. The van der Waals surface area contributed by atoms with Gasteiger partial charge in [-0.3, -0.25) is 14.4 Å². The summed E-state index contributed by atoms with van der Waals surface area (Å²) in [6.07, 6.45) is 3.98. The number of ether oxygens (including phenoxy) is 1. The molecule has 0 saturated carbocycles. The number of hydrogen-bond acceptors (Lipinski definition) is 9. The highest BCUT2D eigenvalue weighted by atomic mass is 16.5. The molecule has 14 heteroatoms. The number of aryl methyl sites for hydroxylation is 1. The van der Waals surface area contributed by atoms with Crippen LogP contribution in [0.2, 0.25) is 0 Å². The zero-order chi connectivity index (χ0) is 43.8. The van der Waals surface area contributed by atoms with Crippen LogP contribution in [-0.2, 0) is 25.5 Å². The van der Waals surface area contributed by atoms with Crippen molar-refractivity contribution in [3.63, 3.8) is 0 Å². The average Bonchev–Trinajstić information content (AvgIpc) is 3.97. The first-order valence-corrected chi connectivity index (χ1v) is 21.2. The number of aromatic nitrogens is 3. The van der Waals surface area contributed by atoms with Crippen LogP contribution in [0.3, 0.4) is 0 Å². The third kappa shape index (κ3) is 9.71. The summed E-state index contributed by atoms with van der Waals surface area (Å²) in [5.41, 5.74) is 5.95. The number of nitrogens with zero attached hydrogens (tertiary/aromatic N) is 4. The fourth-order valence-corrected chi connectivity index (χ4v) is 8.18. The molecule has 0 radical (unpaired) electrons. The first-order valence-electron chi connectivity index (χ1n) is 21.2. The second-order valence-electron chi connectivity index (χ2n) is 15.7. The van der Waals surface area contributed by atoms with Gasteiger partial charge in [0.1, 0.15) is 17.9 Å². The Morgan fingerprint density at radius 3 is 2.44 bits per heavy atom. The molecule has 322 valence electrons. The molecule has 4 aromatic carbocycles. The number of oxazole rings is 1. The zero-order valence-corrected chi connectivity index (χ0v) is 35.8. The number of likely N-dealkylation sites (N-methyl/N-ethyl adjacent to an activating group) is 1. The summed E-state index contributed by atoms with van der Waals surface area (Å²) in [7, 11) is 3.14. The van der Waals surface area contributed by atoms with E-state index in [2.05, 4.69) is 32.8 Å². The molecule has 7 rings (SSSR count). The molecule has 0 bridgehead atoms. The van der Waals surface area contributed by atoms with Gasteiger partial charge in [0, 0.05) is 35.9 Å². The smallest absolute Gasteiger partial charge is 0.407 e. The largest absolute Gasteiger partial charge is 0.453 e. The normalized spacial score (nSPS) is 15.4. The Balaban J connectivity index is 1.08. The van der Waals surface area contributed by atoms with Crippen molar-refractivity contribution in [1.29, 1.82) is 0 Å². The Morgan fingerprint density at radius 2 is 1.71 bits per heavy atom. The third-order valence-electron chi connectivity index (χ3n) is 11.6. The predicted molar refractivity (Wildman–Crippen MR) is 238 cm³/mol. The lowest BCUT2D eigenvalue weighted by Gasteiger charge is -2.37. The van der Waals surface area contributed by atoms with E-state index in [0.717, 1.165) is 47.0 Å². The number of benzene rings is 4. The average molecular weight is 839 g/mol. The molecule has 1 fully saturated rings. The molecule has 4 N–H and O–H groups in total. The molecular weight excluding hydrogens is 785 g/mol. The second kappa shape index (κ2) is 19.7. The Labute approximate surface area is 361 Å². The minimum absolute atomic E-state index is 0.0288. The predicted octanol–water partition coefficient (Wildman–Crippen LogP) is 7.74. The fraction of sp³-hybridized carbons (Fsp3) is 0.333. The lowest BCUT2D eigenvalue weighted by Crippen LogP contribution is -2.53. The van der Waals surface area contributed by atoms with E-state index in [1.165, 1.54) is 7.11 Å². The van der Waals surface area contributed by atoms with Crippen molar-refractivity contribution in [2.45, 2.75) is 77.0 Å². The molecule has 62 heavy (non-hydrogen) atoms. The number of aromatic amines is 1. The summed E-state index contributed by atoms with van der Waals surface area (Å²) >= 11 is 0. The maximum Gasteiger partial charge on any atom is 0.407 e. The molecule has 1 unspecified atom stereocenters. The number of H-pyrrole nitrogens is 1. The number of piperidine rings is 1. The molecule has 4 amide bonds. The topological polar surface area (TPSA) is 175 Å². The molecule has 14 nitrogen and oxygen atoms in total. The molecule has 3 heterocycles. The molecular formula is C48H54N8O6. The zero-order valence-electron chi connectivity index (χ0n) is 35.8. The van der Waals surface area contributed by atoms with Crippen molar-refractivity contribution in [3.05, 3.63) is 126 Å². The van der Waals surface area contributed by atoms with Gasteiger partial charge in [0.05, 0.1) is 36.8 Å². The maximum absolute atomic E-state index is 14.0. The number of hydrogen-bond donors (Lipinski definition) is 4. The van der Waals surface area contributed by atoms with Gasteiger partial charge >= 0.3 is 6.09 Å². The minimum Gasteiger partial charge on any atom is -0.453 e. The molecule has 6 aromatic rings. The highest BCUT2D eigenvalue weighted by molar-refractivity contribution is 5.99. The van der Waals surface area contributed by atoms with Crippen LogP contribution in [0.1, 0.15) is 74.1 Å². The van der Waals surface area contributed by atoms with Crippen molar-refractivity contribution in [2.75, 3.05) is 32.6 Å². The molecule has 0 spiro atoms. The number of imidazole rings is 1. The number of rotatable bonds is 15. The number of anilines is 1. The summed E-state index contributed by atoms with van der Waals surface area (Å²) in [5, 5.41) is 8.97. The van der Waals surface area contributed by atoms with Crippen molar-refractivity contribution >= 4 is 40.5 Å². The number of likely N-dealkylation sites (tertiary alicyclic amines) is 1. The van der Waals surface area contributed by atoms with Gasteiger partial charge in [-0.25, -0.2) is 14.8 Å². The number of fused-ring (bicyclic) bond motifs is 1. The van der Waals surface area contributed by atoms with Gasteiger partial charge in [0.2, 0.25) is 17.7 Å². The van der Waals surface area contributed by atoms with E-state index >= 15 is 0 Å². The van der Waals surface area contributed by atoms with Gasteiger partial charge in [0.15, 0.2) is 5.76 Å². The number of carbonyl (C=O) groups excluding carboxylic acids is 4. The van der Waals surface area contributed by atoms with Gasteiger partial charge < -0.3 is 39.9 Å². The monoisotopic (exact) mass is 838 g/mol. The summed E-state index contributed by atoms with van der Waals surface area (Å²) in [6, 6.07) is 28.0. The molecule has 2 aromatic heterocycles. The Morgan fingerprint density at radius 1 is 0.968 bits per heavy atom. The third-order valence-corrected chi connectivity index (χ3v) is 11.6. The van der Waals surface area contributed by atoms with Crippen LogP contribution in [-0.4, -0.2) is 87.9 Å². The lowest BCUT2D eigenvalue weighted by molar-refractivity contribution is -0.142. The van der Waals surface area contributed by atoms with Gasteiger partial charge in [-0.2, -0.15) is 0 Å². The van der Waals surface area contributed by atoms with Crippen molar-refractivity contribution in [2.24, 2.45) is 0 Å². The van der Waals surface area contributed by atoms with Gasteiger partial charge in [-0.05, 0) is 93.6 Å². The maximum atomic E-state index is 14.0. The van der Waals surface area contributed by atoms with E-state index in [-0.39, 0.29) is 29.8 Å². The number of methoxy groups -OCH3 is 1. The van der Waals surface area contributed by atoms with Crippen molar-refractivity contribution in [3.8, 4) is 22.8 Å². The van der Waals surface area contributed by atoms with Crippen LogP contribution in [0.5, 0.6) is 0 Å². The van der Waals surface area contributed by atoms with Crippen molar-refractivity contribution in [1.82, 2.24) is 35.4 Å². The SMILES string of the molecule is CCC(CNC)N(C(=O)Cc1ccccc1)[C@@H](C)c1nc2ccc(-c3cnc(-c4ccc(C)c(NC(=O)[C@@H]5CCCCN5C(=O)[C@H](NC(=O)OC)c5ccccc5)c4)o3)cc2[nH]1. The summed E-state index contributed by atoms with van der Waals surface area (Å²) in [4.78, 5) is 70.7. The molecule has 1 saturated heterocycles. The van der Waals surface area contributed by atoms with Crippen molar-refractivity contribution < 1.29 is 28.3 Å². The summed E-state index contributed by atoms with van der Waals surface area (Å²) < 4.78 is 11.1. The number of alkyl carbamates (subject to hydrolysis) is 1. The Kier molecular flexibility index (Phi) is 13.8.